The van der Waals surface area contributed by atoms with E-state index in [1.54, 1.807) is 0 Å². The second-order valence-electron chi connectivity index (χ2n) is 6.92. The highest BCUT2D eigenvalue weighted by Gasteiger charge is 2.19. The summed E-state index contributed by atoms with van der Waals surface area (Å²) in [5, 5.41) is 2.80. The molecule has 1 aromatic carbocycles. The molecule has 1 saturated carbocycles. The molecule has 3 rings (SSSR count). The minimum atomic E-state index is -0.417. The fraction of sp³-hybridized carbons (Fsp3) is 0.400. The van der Waals surface area contributed by atoms with Crippen molar-refractivity contribution in [1.29, 1.82) is 0 Å². The van der Waals surface area contributed by atoms with Crippen LogP contribution in [-0.4, -0.2) is 17.0 Å². The molecule has 1 aromatic heterocycles. The second-order valence-corrected chi connectivity index (χ2v) is 7.33. The van der Waals surface area contributed by atoms with Gasteiger partial charge in [0.25, 0.3) is 11.5 Å². The van der Waals surface area contributed by atoms with Gasteiger partial charge < -0.3 is 15.0 Å². The van der Waals surface area contributed by atoms with E-state index in [0.29, 0.717) is 24.0 Å². The molecule has 0 bridgehead atoms. The van der Waals surface area contributed by atoms with Crippen molar-refractivity contribution in [3.8, 4) is 0 Å². The van der Waals surface area contributed by atoms with Gasteiger partial charge in [-0.15, -0.1) is 0 Å². The predicted molar refractivity (Wildman–Crippen MR) is 103 cm³/mol. The first-order valence-corrected chi connectivity index (χ1v) is 9.29. The zero-order valence-electron chi connectivity index (χ0n) is 14.8. The number of ether oxygens (including phenoxy) is 1. The Kier molecular flexibility index (Phi) is 6.12. The van der Waals surface area contributed by atoms with Crippen molar-refractivity contribution >= 4 is 23.2 Å². The summed E-state index contributed by atoms with van der Waals surface area (Å²) in [5.41, 5.74) is 1.57. The fourth-order valence-corrected chi connectivity index (χ4v) is 3.45. The van der Waals surface area contributed by atoms with Crippen LogP contribution in [0.15, 0.2) is 41.3 Å². The number of halogens is 1. The molecule has 0 spiro atoms. The zero-order valence-corrected chi connectivity index (χ0v) is 15.5. The molecule has 1 fully saturated rings. The van der Waals surface area contributed by atoms with Gasteiger partial charge in [-0.2, -0.15) is 0 Å². The number of carbonyl (C=O) groups excluding carboxylic acids is 1. The van der Waals surface area contributed by atoms with Crippen LogP contribution in [0.4, 0.5) is 5.69 Å². The van der Waals surface area contributed by atoms with Crippen LogP contribution in [0.25, 0.3) is 0 Å². The van der Waals surface area contributed by atoms with Crippen LogP contribution in [0, 0.1) is 5.92 Å². The first-order chi connectivity index (χ1) is 12.5. The lowest BCUT2D eigenvalue weighted by molar-refractivity contribution is 0.00468. The number of amides is 1. The molecule has 0 saturated heterocycles. The maximum atomic E-state index is 12.3. The average Bonchev–Trinajstić information content (AvgIpc) is 2.62. The highest BCUT2D eigenvalue weighted by Crippen LogP contribution is 2.26. The van der Waals surface area contributed by atoms with Crippen molar-refractivity contribution in [2.24, 2.45) is 5.92 Å². The van der Waals surface area contributed by atoms with Crippen LogP contribution in [0.3, 0.4) is 0 Å². The summed E-state index contributed by atoms with van der Waals surface area (Å²) in [7, 11) is 0. The molecule has 2 aromatic rings. The van der Waals surface area contributed by atoms with Gasteiger partial charge in [0.15, 0.2) is 0 Å². The summed E-state index contributed by atoms with van der Waals surface area (Å²) in [4.78, 5) is 26.0. The quantitative estimate of drug-likeness (QED) is 0.816. The standard InChI is InChI=1S/C20H23ClN2O3/c1-13-4-2-7-17(8-13)26-12-14-5-3-6-16(9-14)23-19(24)15-10-18(21)20(25)22-11-15/h3,5-6,9-11,13,17H,2,4,7-8,12H2,1H3,(H,22,25)(H,23,24)/t13-,17+/m0/s1. The Labute approximate surface area is 157 Å². The first kappa shape index (κ1) is 18.7. The molecule has 2 atom stereocenters. The summed E-state index contributed by atoms with van der Waals surface area (Å²) in [6.45, 7) is 2.81. The van der Waals surface area contributed by atoms with E-state index < -0.39 is 5.56 Å². The lowest BCUT2D eigenvalue weighted by Gasteiger charge is -2.26. The number of hydrogen-bond acceptors (Lipinski definition) is 3. The fourth-order valence-electron chi connectivity index (χ4n) is 3.27. The molecule has 0 unspecified atom stereocenters. The van der Waals surface area contributed by atoms with Crippen LogP contribution in [0.1, 0.15) is 48.5 Å². The van der Waals surface area contributed by atoms with Crippen molar-refractivity contribution in [3.05, 3.63) is 63.0 Å². The number of pyridine rings is 1. The molecule has 1 aliphatic carbocycles. The number of aromatic amines is 1. The Hall–Kier alpha value is -2.11. The Balaban J connectivity index is 1.60. The largest absolute Gasteiger partial charge is 0.374 e. The van der Waals surface area contributed by atoms with Crippen LogP contribution in [0.5, 0.6) is 0 Å². The van der Waals surface area contributed by atoms with Crippen molar-refractivity contribution in [2.45, 2.75) is 45.3 Å². The minimum Gasteiger partial charge on any atom is -0.374 e. The highest BCUT2D eigenvalue weighted by molar-refractivity contribution is 6.30. The van der Waals surface area contributed by atoms with Gasteiger partial charge in [-0.05, 0) is 42.5 Å². The first-order valence-electron chi connectivity index (χ1n) is 8.91. The number of hydrogen-bond donors (Lipinski definition) is 2. The average molecular weight is 375 g/mol. The number of carbonyl (C=O) groups is 1. The Morgan fingerprint density at radius 2 is 2.19 bits per heavy atom. The molecule has 26 heavy (non-hydrogen) atoms. The predicted octanol–water partition coefficient (Wildman–Crippen LogP) is 4.38. The number of nitrogens with one attached hydrogen (secondary N) is 2. The van der Waals surface area contributed by atoms with E-state index in [9.17, 15) is 9.59 Å². The highest BCUT2D eigenvalue weighted by atomic mass is 35.5. The number of aromatic nitrogens is 1. The lowest BCUT2D eigenvalue weighted by Crippen LogP contribution is -2.21. The summed E-state index contributed by atoms with van der Waals surface area (Å²) in [5.74, 6) is 0.394. The zero-order chi connectivity index (χ0) is 18.5. The Morgan fingerprint density at radius 1 is 1.35 bits per heavy atom. The molecule has 0 radical (unpaired) electrons. The van der Waals surface area contributed by atoms with Crippen molar-refractivity contribution < 1.29 is 9.53 Å². The number of H-pyrrole nitrogens is 1. The second kappa shape index (κ2) is 8.52. The molecular weight excluding hydrogens is 352 g/mol. The summed E-state index contributed by atoms with van der Waals surface area (Å²) < 4.78 is 6.04. The number of anilines is 1. The lowest BCUT2D eigenvalue weighted by atomic mass is 9.89. The molecule has 1 amide bonds. The monoisotopic (exact) mass is 374 g/mol. The van der Waals surface area contributed by atoms with E-state index in [2.05, 4.69) is 17.2 Å². The molecular formula is C20H23ClN2O3. The molecule has 0 aliphatic heterocycles. The van der Waals surface area contributed by atoms with Gasteiger partial charge in [0.2, 0.25) is 0 Å². The third-order valence-corrected chi connectivity index (χ3v) is 4.96. The Morgan fingerprint density at radius 3 is 2.96 bits per heavy atom. The normalized spacial score (nSPS) is 19.9. The SMILES string of the molecule is C[C@H]1CCC[C@@H](OCc2cccc(NC(=O)c3c[nH]c(=O)c(Cl)c3)c2)C1. The van der Waals surface area contributed by atoms with Gasteiger partial charge in [-0.25, -0.2) is 0 Å². The van der Waals surface area contributed by atoms with Crippen LogP contribution in [-0.2, 0) is 11.3 Å². The molecule has 5 nitrogen and oxygen atoms in total. The van der Waals surface area contributed by atoms with Crippen LogP contribution in [0.2, 0.25) is 5.02 Å². The minimum absolute atomic E-state index is 0.0125. The van der Waals surface area contributed by atoms with Crippen molar-refractivity contribution in [2.75, 3.05) is 5.32 Å². The van der Waals surface area contributed by atoms with Gasteiger partial charge >= 0.3 is 0 Å². The number of rotatable bonds is 5. The van der Waals surface area contributed by atoms with Gasteiger partial charge in [0.1, 0.15) is 5.02 Å². The van der Waals surface area contributed by atoms with E-state index in [4.69, 9.17) is 16.3 Å². The third-order valence-electron chi connectivity index (χ3n) is 4.68. The van der Waals surface area contributed by atoms with Gasteiger partial charge in [0.05, 0.1) is 18.3 Å². The van der Waals surface area contributed by atoms with Gasteiger partial charge in [0, 0.05) is 11.9 Å². The molecule has 1 heterocycles. The maximum Gasteiger partial charge on any atom is 0.266 e. The smallest absolute Gasteiger partial charge is 0.266 e. The summed E-state index contributed by atoms with van der Waals surface area (Å²) >= 11 is 5.77. The van der Waals surface area contributed by atoms with E-state index in [1.165, 1.54) is 25.1 Å². The number of benzene rings is 1. The van der Waals surface area contributed by atoms with Crippen molar-refractivity contribution in [1.82, 2.24) is 4.98 Å². The molecule has 6 heteroatoms. The van der Waals surface area contributed by atoms with E-state index in [1.807, 2.05) is 24.3 Å². The summed E-state index contributed by atoms with van der Waals surface area (Å²) in [6.07, 6.45) is 6.41. The molecule has 1 aliphatic rings. The molecule has 2 N–H and O–H groups in total. The van der Waals surface area contributed by atoms with E-state index >= 15 is 0 Å². The van der Waals surface area contributed by atoms with Crippen LogP contribution >= 0.6 is 11.6 Å². The van der Waals surface area contributed by atoms with Crippen molar-refractivity contribution in [3.63, 3.8) is 0 Å². The van der Waals surface area contributed by atoms with Gasteiger partial charge in [-0.1, -0.05) is 43.5 Å². The topological polar surface area (TPSA) is 71.2 Å². The van der Waals surface area contributed by atoms with E-state index in [-0.39, 0.29) is 10.9 Å². The summed E-state index contributed by atoms with van der Waals surface area (Å²) in [6, 6.07) is 8.94. The third kappa shape index (κ3) is 4.96. The van der Waals surface area contributed by atoms with E-state index in [0.717, 1.165) is 24.3 Å². The Bertz CT molecular complexity index is 834. The van der Waals surface area contributed by atoms with Crippen LogP contribution < -0.4 is 10.9 Å². The molecule has 138 valence electrons. The van der Waals surface area contributed by atoms with Gasteiger partial charge in [-0.3, -0.25) is 9.59 Å². The maximum absolute atomic E-state index is 12.3.